The molecule has 0 amide bonds. The van der Waals surface area contributed by atoms with E-state index in [2.05, 4.69) is 127 Å². The molecule has 2 aromatic heterocycles. The summed E-state index contributed by atoms with van der Waals surface area (Å²) in [6.45, 7) is 0. The van der Waals surface area contributed by atoms with Crippen LogP contribution in [-0.2, 0) is 0 Å². The molecule has 0 unspecified atom stereocenters. The molecule has 4 heteroatoms. The topological polar surface area (TPSA) is 47.6 Å². The van der Waals surface area contributed by atoms with Crippen LogP contribution in [0.25, 0.3) is 73.7 Å². The summed E-state index contributed by atoms with van der Waals surface area (Å²) in [5, 5.41) is 26.7. The third-order valence-corrected chi connectivity index (χ3v) is 12.5. The Labute approximate surface area is 287 Å². The van der Waals surface area contributed by atoms with E-state index in [4.69, 9.17) is 0 Å². The Morgan fingerprint density at radius 3 is 1.65 bits per heavy atom. The van der Waals surface area contributed by atoms with Crippen molar-refractivity contribution in [2.45, 2.75) is 38.0 Å². The normalized spacial score (nSPS) is 13.7. The van der Waals surface area contributed by atoms with Gasteiger partial charge in [-0.1, -0.05) is 92.1 Å². The molecular formula is C44H30N2S2. The number of rotatable bonds is 4. The quantitative estimate of drug-likeness (QED) is 0.190. The van der Waals surface area contributed by atoms with Crippen LogP contribution in [0.15, 0.2) is 115 Å². The zero-order valence-corrected chi connectivity index (χ0v) is 27.9. The van der Waals surface area contributed by atoms with Crippen molar-refractivity contribution in [2.24, 2.45) is 0 Å². The molecule has 0 aliphatic heterocycles. The molecule has 0 radical (unpaired) electrons. The maximum Gasteiger partial charge on any atom is 0.100 e. The predicted octanol–water partition coefficient (Wildman–Crippen LogP) is 13.2. The number of hydrogen-bond donors (Lipinski definition) is 0. The largest absolute Gasteiger partial charge is 0.192 e. The standard InChI is InChI=1S/C44H30N2S2/c45-25-38-34(29-12-8-11-28(21-29)27-9-2-1-3-10-27)24-35(30-17-19-42-36(22-30)32-13-4-6-15-40(32)47-42)39(26-46)44(38)31-18-20-43-37(23-31)33-14-5-7-16-41(33)48-43/h4-8,11-24,27H,1-3,9-10H2. The number of nitrogens with zero attached hydrogens (tertiary/aromatic N) is 2. The molecule has 0 spiro atoms. The monoisotopic (exact) mass is 650 g/mol. The summed E-state index contributed by atoms with van der Waals surface area (Å²) in [4.78, 5) is 0. The Morgan fingerprint density at radius 2 is 1.02 bits per heavy atom. The summed E-state index contributed by atoms with van der Waals surface area (Å²) in [5.41, 5.74) is 7.80. The van der Waals surface area contributed by atoms with Crippen LogP contribution in [0.5, 0.6) is 0 Å². The van der Waals surface area contributed by atoms with Crippen LogP contribution >= 0.6 is 22.7 Å². The second kappa shape index (κ2) is 11.8. The minimum atomic E-state index is 0.538. The van der Waals surface area contributed by atoms with Crippen LogP contribution in [0, 0.1) is 22.7 Å². The molecule has 2 heterocycles. The highest BCUT2D eigenvalue weighted by Gasteiger charge is 2.24. The van der Waals surface area contributed by atoms with E-state index in [1.54, 1.807) is 22.7 Å². The van der Waals surface area contributed by atoms with E-state index < -0.39 is 0 Å². The van der Waals surface area contributed by atoms with Gasteiger partial charge < -0.3 is 0 Å². The van der Waals surface area contributed by atoms with Crippen molar-refractivity contribution in [3.63, 3.8) is 0 Å². The highest BCUT2D eigenvalue weighted by molar-refractivity contribution is 7.26. The third kappa shape index (κ3) is 4.72. The number of nitriles is 2. The zero-order chi connectivity index (χ0) is 32.2. The Morgan fingerprint density at radius 1 is 0.479 bits per heavy atom. The summed E-state index contributed by atoms with van der Waals surface area (Å²) >= 11 is 3.57. The average molecular weight is 651 g/mol. The number of thiophene rings is 2. The second-order valence-corrected chi connectivity index (χ2v) is 15.1. The molecule has 0 atom stereocenters. The van der Waals surface area contributed by atoms with Gasteiger partial charge in [-0.3, -0.25) is 0 Å². The van der Waals surface area contributed by atoms with Crippen LogP contribution in [0.4, 0.5) is 0 Å². The smallest absolute Gasteiger partial charge is 0.100 e. The van der Waals surface area contributed by atoms with E-state index in [1.165, 1.54) is 72.6 Å². The molecule has 228 valence electrons. The van der Waals surface area contributed by atoms with Gasteiger partial charge in [-0.05, 0) is 83.5 Å². The summed E-state index contributed by atoms with van der Waals surface area (Å²) in [7, 11) is 0. The van der Waals surface area contributed by atoms with Crippen molar-refractivity contribution >= 4 is 63.0 Å². The lowest BCUT2D eigenvalue weighted by atomic mass is 9.81. The van der Waals surface area contributed by atoms with Gasteiger partial charge >= 0.3 is 0 Å². The summed E-state index contributed by atoms with van der Waals surface area (Å²) in [6, 6.07) is 46.1. The lowest BCUT2D eigenvalue weighted by Gasteiger charge is -2.23. The maximum absolute atomic E-state index is 11.0. The molecule has 9 rings (SSSR count). The minimum absolute atomic E-state index is 0.538. The number of fused-ring (bicyclic) bond motifs is 6. The van der Waals surface area contributed by atoms with Crippen LogP contribution in [0.3, 0.4) is 0 Å². The molecule has 1 fully saturated rings. The minimum Gasteiger partial charge on any atom is -0.192 e. The highest BCUT2D eigenvalue weighted by atomic mass is 32.1. The first-order valence-corrected chi connectivity index (χ1v) is 18.3. The van der Waals surface area contributed by atoms with Gasteiger partial charge in [0.15, 0.2) is 0 Å². The molecule has 1 aliphatic rings. The first kappa shape index (κ1) is 28.9. The van der Waals surface area contributed by atoms with Crippen LogP contribution in [0.2, 0.25) is 0 Å². The van der Waals surface area contributed by atoms with Gasteiger partial charge in [-0.2, -0.15) is 10.5 Å². The fourth-order valence-corrected chi connectivity index (χ4v) is 10.0. The van der Waals surface area contributed by atoms with Crippen molar-refractivity contribution in [2.75, 3.05) is 0 Å². The SMILES string of the molecule is N#Cc1c(-c2cccc(C3CCCCC3)c2)cc(-c2ccc3sc4ccccc4c3c2)c(C#N)c1-c1ccc2sc3ccccc3c2c1. The van der Waals surface area contributed by atoms with Crippen LogP contribution in [0.1, 0.15) is 54.7 Å². The van der Waals surface area contributed by atoms with Crippen molar-refractivity contribution in [3.05, 3.63) is 132 Å². The lowest BCUT2D eigenvalue weighted by molar-refractivity contribution is 0.444. The van der Waals surface area contributed by atoms with Gasteiger partial charge in [-0.25, -0.2) is 0 Å². The number of benzene rings is 6. The second-order valence-electron chi connectivity index (χ2n) is 12.9. The van der Waals surface area contributed by atoms with Crippen molar-refractivity contribution < 1.29 is 0 Å². The summed E-state index contributed by atoms with van der Waals surface area (Å²) in [6.07, 6.45) is 6.26. The average Bonchev–Trinajstić information content (AvgIpc) is 3.72. The fourth-order valence-electron chi connectivity index (χ4n) is 7.83. The predicted molar refractivity (Wildman–Crippen MR) is 204 cm³/mol. The molecule has 48 heavy (non-hydrogen) atoms. The first-order valence-electron chi connectivity index (χ1n) is 16.6. The van der Waals surface area contributed by atoms with E-state index in [0.29, 0.717) is 22.6 Å². The molecule has 0 bridgehead atoms. The van der Waals surface area contributed by atoms with E-state index in [0.717, 1.165) is 33.2 Å². The Bertz CT molecular complexity index is 2640. The van der Waals surface area contributed by atoms with Gasteiger partial charge in [0.05, 0.1) is 11.1 Å². The van der Waals surface area contributed by atoms with Gasteiger partial charge in [0.25, 0.3) is 0 Å². The first-order chi connectivity index (χ1) is 23.7. The Kier molecular flexibility index (Phi) is 7.09. The lowest BCUT2D eigenvalue weighted by Crippen LogP contribution is -2.04. The zero-order valence-electron chi connectivity index (χ0n) is 26.3. The van der Waals surface area contributed by atoms with Gasteiger partial charge in [-0.15, -0.1) is 22.7 Å². The molecular weight excluding hydrogens is 621 g/mol. The van der Waals surface area contributed by atoms with Crippen LogP contribution < -0.4 is 0 Å². The Hall–Kier alpha value is -5.26. The molecule has 0 N–H and O–H groups in total. The molecule has 6 aromatic carbocycles. The third-order valence-electron chi connectivity index (χ3n) is 10.2. The summed E-state index contributed by atoms with van der Waals surface area (Å²) < 4.78 is 4.91. The Balaban J connectivity index is 1.33. The van der Waals surface area contributed by atoms with Gasteiger partial charge in [0.2, 0.25) is 0 Å². The summed E-state index contributed by atoms with van der Waals surface area (Å²) in [5.74, 6) is 0.546. The molecule has 1 saturated carbocycles. The molecule has 1 aliphatic carbocycles. The molecule has 8 aromatic rings. The maximum atomic E-state index is 11.0. The van der Waals surface area contributed by atoms with Crippen molar-refractivity contribution in [3.8, 4) is 45.5 Å². The molecule has 2 nitrogen and oxygen atoms in total. The van der Waals surface area contributed by atoms with E-state index in [9.17, 15) is 10.5 Å². The van der Waals surface area contributed by atoms with Gasteiger partial charge in [0, 0.05) is 57.0 Å². The molecule has 0 saturated heterocycles. The van der Waals surface area contributed by atoms with E-state index in [-0.39, 0.29) is 0 Å². The number of hydrogen-bond acceptors (Lipinski definition) is 4. The van der Waals surface area contributed by atoms with E-state index >= 15 is 0 Å². The fraction of sp³-hybridized carbons (Fsp3) is 0.136. The van der Waals surface area contributed by atoms with Crippen molar-refractivity contribution in [1.29, 1.82) is 10.5 Å². The van der Waals surface area contributed by atoms with Crippen LogP contribution in [-0.4, -0.2) is 0 Å². The van der Waals surface area contributed by atoms with Gasteiger partial charge in [0.1, 0.15) is 12.1 Å². The van der Waals surface area contributed by atoms with E-state index in [1.807, 2.05) is 0 Å². The van der Waals surface area contributed by atoms with Crippen molar-refractivity contribution in [1.82, 2.24) is 0 Å². The highest BCUT2D eigenvalue weighted by Crippen LogP contribution is 2.45.